The zero-order valence-electron chi connectivity index (χ0n) is 8.81. The van der Waals surface area contributed by atoms with E-state index in [0.717, 1.165) is 0 Å². The van der Waals surface area contributed by atoms with Crippen LogP contribution in [0.1, 0.15) is 28.9 Å². The maximum atomic E-state index is 13.7. The van der Waals surface area contributed by atoms with Crippen molar-refractivity contribution in [2.24, 2.45) is 0 Å². The van der Waals surface area contributed by atoms with Gasteiger partial charge in [0.15, 0.2) is 0 Å². The van der Waals surface area contributed by atoms with Crippen molar-refractivity contribution in [1.29, 1.82) is 0 Å². The first-order valence-corrected chi connectivity index (χ1v) is 4.86. The Morgan fingerprint density at radius 1 is 1.56 bits per heavy atom. The van der Waals surface area contributed by atoms with Crippen molar-refractivity contribution in [2.45, 2.75) is 13.0 Å². The summed E-state index contributed by atoms with van der Waals surface area (Å²) in [5.74, 6) is -1.64. The summed E-state index contributed by atoms with van der Waals surface area (Å²) >= 11 is 0. The molecule has 0 amide bonds. The number of rotatable bonds is 4. The van der Waals surface area contributed by atoms with Crippen molar-refractivity contribution in [1.82, 2.24) is 0 Å². The molecule has 0 bridgehead atoms. The molecule has 0 aromatic heterocycles. The molecular formula is C11H13FO4. The van der Waals surface area contributed by atoms with Crippen molar-refractivity contribution >= 4 is 5.97 Å². The number of hydrogen-bond donors (Lipinski definition) is 2. The summed E-state index contributed by atoms with van der Waals surface area (Å²) in [6.07, 6.45) is -1.34. The van der Waals surface area contributed by atoms with E-state index in [1.54, 1.807) is 6.92 Å². The van der Waals surface area contributed by atoms with Crippen molar-refractivity contribution in [3.63, 3.8) is 0 Å². The smallest absolute Gasteiger partial charge is 0.341 e. The number of esters is 1. The van der Waals surface area contributed by atoms with Crippen LogP contribution in [-0.4, -0.2) is 29.4 Å². The van der Waals surface area contributed by atoms with Gasteiger partial charge < -0.3 is 14.9 Å². The van der Waals surface area contributed by atoms with E-state index in [2.05, 4.69) is 4.74 Å². The van der Waals surface area contributed by atoms with E-state index in [1.807, 2.05) is 0 Å². The van der Waals surface area contributed by atoms with Gasteiger partial charge in [-0.25, -0.2) is 9.18 Å². The number of aliphatic hydroxyl groups is 2. The molecule has 0 aliphatic heterocycles. The lowest BCUT2D eigenvalue weighted by molar-refractivity contribution is 0.0518. The Balaban J connectivity index is 3.08. The number of halogens is 1. The van der Waals surface area contributed by atoms with Crippen LogP contribution in [0, 0.1) is 5.82 Å². The maximum absolute atomic E-state index is 13.7. The number of benzene rings is 1. The molecule has 1 aromatic carbocycles. The van der Waals surface area contributed by atoms with Crippen molar-refractivity contribution < 1.29 is 24.1 Å². The van der Waals surface area contributed by atoms with Gasteiger partial charge in [-0.2, -0.15) is 0 Å². The summed E-state index contributed by atoms with van der Waals surface area (Å²) in [7, 11) is 0. The third kappa shape index (κ3) is 2.56. The van der Waals surface area contributed by atoms with E-state index in [0.29, 0.717) is 0 Å². The predicted molar refractivity (Wildman–Crippen MR) is 54.4 cm³/mol. The van der Waals surface area contributed by atoms with Crippen LogP contribution in [0.3, 0.4) is 0 Å². The highest BCUT2D eigenvalue weighted by Crippen LogP contribution is 2.20. The van der Waals surface area contributed by atoms with E-state index in [1.165, 1.54) is 18.2 Å². The predicted octanol–water partition coefficient (Wildman–Crippen LogP) is 1.03. The van der Waals surface area contributed by atoms with Gasteiger partial charge in [0, 0.05) is 5.56 Å². The van der Waals surface area contributed by atoms with E-state index in [-0.39, 0.29) is 17.7 Å². The largest absolute Gasteiger partial charge is 0.462 e. The second-order valence-electron chi connectivity index (χ2n) is 3.13. The third-order valence-electron chi connectivity index (χ3n) is 2.06. The fourth-order valence-electron chi connectivity index (χ4n) is 1.27. The molecule has 1 aromatic rings. The Bertz CT molecular complexity index is 378. The molecule has 5 heteroatoms. The summed E-state index contributed by atoms with van der Waals surface area (Å²) in [5, 5.41) is 18.0. The minimum atomic E-state index is -1.34. The fraction of sp³-hybridized carbons (Fsp3) is 0.364. The highest BCUT2D eigenvalue weighted by Gasteiger charge is 2.19. The van der Waals surface area contributed by atoms with Gasteiger partial charge in [-0.05, 0) is 13.0 Å². The van der Waals surface area contributed by atoms with Crippen LogP contribution in [0.15, 0.2) is 18.2 Å². The van der Waals surface area contributed by atoms with Gasteiger partial charge in [0.1, 0.15) is 11.9 Å². The summed E-state index contributed by atoms with van der Waals surface area (Å²) in [6, 6.07) is 3.99. The van der Waals surface area contributed by atoms with Gasteiger partial charge in [-0.1, -0.05) is 12.1 Å². The second-order valence-corrected chi connectivity index (χ2v) is 3.13. The summed E-state index contributed by atoms with van der Waals surface area (Å²) in [6.45, 7) is 1.15. The first-order valence-electron chi connectivity index (χ1n) is 4.86. The van der Waals surface area contributed by atoms with Crippen LogP contribution in [0.25, 0.3) is 0 Å². The van der Waals surface area contributed by atoms with Crippen molar-refractivity contribution in [3.05, 3.63) is 35.1 Å². The average molecular weight is 228 g/mol. The first kappa shape index (κ1) is 12.6. The van der Waals surface area contributed by atoms with E-state index >= 15 is 0 Å². The normalized spacial score (nSPS) is 12.2. The van der Waals surface area contributed by atoms with E-state index in [9.17, 15) is 14.3 Å². The summed E-state index contributed by atoms with van der Waals surface area (Å²) in [5.41, 5.74) is -0.361. The standard InChI is InChI=1S/C11H13FO4/c1-2-16-11(15)8-5-3-4-7(10(8)12)9(14)6-13/h3-5,9,13-14H,2,6H2,1H3/t9-/m0/s1. The van der Waals surface area contributed by atoms with Gasteiger partial charge in [0.25, 0.3) is 0 Å². The molecule has 0 aliphatic carbocycles. The van der Waals surface area contributed by atoms with Crippen LogP contribution >= 0.6 is 0 Å². The summed E-state index contributed by atoms with van der Waals surface area (Å²) in [4.78, 5) is 11.3. The average Bonchev–Trinajstić information content (AvgIpc) is 2.28. The quantitative estimate of drug-likeness (QED) is 0.755. The molecule has 0 unspecified atom stereocenters. The highest BCUT2D eigenvalue weighted by atomic mass is 19.1. The lowest BCUT2D eigenvalue weighted by Gasteiger charge is -2.11. The number of hydrogen-bond acceptors (Lipinski definition) is 4. The van der Waals surface area contributed by atoms with Gasteiger partial charge in [0.2, 0.25) is 0 Å². The van der Waals surface area contributed by atoms with E-state index in [4.69, 9.17) is 5.11 Å². The molecule has 0 saturated heterocycles. The maximum Gasteiger partial charge on any atom is 0.341 e. The fourth-order valence-corrected chi connectivity index (χ4v) is 1.27. The monoisotopic (exact) mass is 228 g/mol. The SMILES string of the molecule is CCOC(=O)c1cccc([C@@H](O)CO)c1F. The summed E-state index contributed by atoms with van der Waals surface area (Å²) < 4.78 is 18.4. The molecule has 2 N–H and O–H groups in total. The molecule has 0 radical (unpaired) electrons. The topological polar surface area (TPSA) is 66.8 Å². The molecule has 0 saturated carbocycles. The molecule has 0 spiro atoms. The lowest BCUT2D eigenvalue weighted by Crippen LogP contribution is -2.12. The van der Waals surface area contributed by atoms with Gasteiger partial charge in [-0.15, -0.1) is 0 Å². The van der Waals surface area contributed by atoms with Gasteiger partial charge in [-0.3, -0.25) is 0 Å². The first-order chi connectivity index (χ1) is 7.61. The minimum Gasteiger partial charge on any atom is -0.462 e. The molecule has 88 valence electrons. The van der Waals surface area contributed by atoms with Gasteiger partial charge >= 0.3 is 5.97 Å². The third-order valence-corrected chi connectivity index (χ3v) is 2.06. The highest BCUT2D eigenvalue weighted by molar-refractivity contribution is 5.89. The Morgan fingerprint density at radius 2 is 2.25 bits per heavy atom. The van der Waals surface area contributed by atoms with Crippen LogP contribution in [0.5, 0.6) is 0 Å². The number of aliphatic hydroxyl groups excluding tert-OH is 2. The zero-order chi connectivity index (χ0) is 12.1. The van der Waals surface area contributed by atoms with E-state index < -0.39 is 24.5 Å². The Labute approximate surface area is 92.3 Å². The molecular weight excluding hydrogens is 215 g/mol. The second kappa shape index (κ2) is 5.58. The molecule has 1 atom stereocenters. The molecule has 0 heterocycles. The Hall–Kier alpha value is -1.46. The lowest BCUT2D eigenvalue weighted by atomic mass is 10.1. The number of ether oxygens (including phenoxy) is 1. The Kier molecular flexibility index (Phi) is 4.39. The van der Waals surface area contributed by atoms with Crippen LogP contribution in [0.2, 0.25) is 0 Å². The number of carbonyl (C=O) groups is 1. The zero-order valence-corrected chi connectivity index (χ0v) is 8.81. The Morgan fingerprint density at radius 3 is 2.81 bits per heavy atom. The van der Waals surface area contributed by atoms with Crippen LogP contribution < -0.4 is 0 Å². The van der Waals surface area contributed by atoms with Crippen LogP contribution in [-0.2, 0) is 4.74 Å². The minimum absolute atomic E-state index is 0.118. The molecule has 0 aliphatic rings. The van der Waals surface area contributed by atoms with Crippen molar-refractivity contribution in [2.75, 3.05) is 13.2 Å². The van der Waals surface area contributed by atoms with Crippen LogP contribution in [0.4, 0.5) is 4.39 Å². The molecule has 4 nitrogen and oxygen atoms in total. The van der Waals surface area contributed by atoms with Crippen molar-refractivity contribution in [3.8, 4) is 0 Å². The molecule has 16 heavy (non-hydrogen) atoms. The number of carbonyl (C=O) groups excluding carboxylic acids is 1. The molecule has 0 fully saturated rings. The molecule has 1 rings (SSSR count). The van der Waals surface area contributed by atoms with Gasteiger partial charge in [0.05, 0.1) is 18.8 Å².